The van der Waals surface area contributed by atoms with Crippen molar-refractivity contribution in [3.63, 3.8) is 0 Å². The molecule has 1 atom stereocenters. The summed E-state index contributed by atoms with van der Waals surface area (Å²) in [7, 11) is 0. The molecule has 2 aromatic rings. The van der Waals surface area contributed by atoms with Crippen LogP contribution in [0.1, 0.15) is 22.7 Å². The Kier molecular flexibility index (Phi) is 4.53. The van der Waals surface area contributed by atoms with Gasteiger partial charge in [0.25, 0.3) is 0 Å². The Hall–Kier alpha value is -2.01. The summed E-state index contributed by atoms with van der Waals surface area (Å²) >= 11 is 0. The van der Waals surface area contributed by atoms with Gasteiger partial charge in [-0.05, 0) is 30.7 Å². The molecule has 0 aliphatic rings. The maximum absolute atomic E-state index is 13.1. The molecule has 0 spiro atoms. The Morgan fingerprint density at radius 1 is 1.05 bits per heavy atom. The van der Waals surface area contributed by atoms with Crippen molar-refractivity contribution in [2.24, 2.45) is 5.73 Å². The molecule has 1 unspecified atom stereocenters. The monoisotopic (exact) mass is 294 g/mol. The Bertz CT molecular complexity index is 591. The maximum Gasteiger partial charge on any atom is 0.416 e. The van der Waals surface area contributed by atoms with E-state index in [9.17, 15) is 13.2 Å². The number of nitrogens with one attached hydrogen (secondary N) is 1. The predicted molar refractivity (Wildman–Crippen MR) is 78.0 cm³/mol. The van der Waals surface area contributed by atoms with Gasteiger partial charge < -0.3 is 11.1 Å². The van der Waals surface area contributed by atoms with Crippen LogP contribution in [-0.2, 0) is 6.18 Å². The summed E-state index contributed by atoms with van der Waals surface area (Å²) in [6, 6.07) is 12.4. The second-order valence-electron chi connectivity index (χ2n) is 4.88. The van der Waals surface area contributed by atoms with E-state index in [1.54, 1.807) is 6.07 Å². The second-order valence-corrected chi connectivity index (χ2v) is 4.88. The van der Waals surface area contributed by atoms with Crippen LogP contribution in [0.15, 0.2) is 48.5 Å². The molecule has 2 aromatic carbocycles. The van der Waals surface area contributed by atoms with E-state index in [1.807, 2.05) is 31.2 Å². The van der Waals surface area contributed by atoms with E-state index in [2.05, 4.69) is 5.32 Å². The van der Waals surface area contributed by atoms with Crippen LogP contribution in [0.3, 0.4) is 0 Å². The summed E-state index contributed by atoms with van der Waals surface area (Å²) in [4.78, 5) is 0. The SMILES string of the molecule is Cc1ccc(NC(CN)c2ccccc2C(F)(F)F)cc1. The Balaban J connectivity index is 2.32. The molecule has 0 saturated heterocycles. The van der Waals surface area contributed by atoms with Crippen LogP contribution < -0.4 is 11.1 Å². The first-order valence-corrected chi connectivity index (χ1v) is 6.61. The molecule has 0 aliphatic carbocycles. The van der Waals surface area contributed by atoms with E-state index in [1.165, 1.54) is 12.1 Å². The molecule has 0 aromatic heterocycles. The number of nitrogens with two attached hydrogens (primary N) is 1. The van der Waals surface area contributed by atoms with Gasteiger partial charge in [0.2, 0.25) is 0 Å². The number of aryl methyl sites for hydroxylation is 1. The Labute approximate surface area is 121 Å². The molecule has 0 amide bonds. The van der Waals surface area contributed by atoms with Crippen LogP contribution >= 0.6 is 0 Å². The number of anilines is 1. The molecule has 2 rings (SSSR count). The minimum absolute atomic E-state index is 0.0704. The van der Waals surface area contributed by atoms with E-state index in [0.29, 0.717) is 0 Å². The normalized spacial score (nSPS) is 13.0. The highest BCUT2D eigenvalue weighted by molar-refractivity contribution is 5.48. The molecule has 0 radical (unpaired) electrons. The molecule has 0 fully saturated rings. The summed E-state index contributed by atoms with van der Waals surface area (Å²) in [6.07, 6.45) is -4.39. The van der Waals surface area contributed by atoms with Crippen molar-refractivity contribution in [2.45, 2.75) is 19.1 Å². The van der Waals surface area contributed by atoms with Crippen LogP contribution in [0, 0.1) is 6.92 Å². The fraction of sp³-hybridized carbons (Fsp3) is 0.250. The van der Waals surface area contributed by atoms with E-state index in [-0.39, 0.29) is 12.1 Å². The third-order valence-electron chi connectivity index (χ3n) is 3.27. The fourth-order valence-corrected chi connectivity index (χ4v) is 2.17. The Morgan fingerprint density at radius 2 is 1.67 bits per heavy atom. The average molecular weight is 294 g/mol. The van der Waals surface area contributed by atoms with Crippen molar-refractivity contribution in [3.8, 4) is 0 Å². The van der Waals surface area contributed by atoms with Gasteiger partial charge in [-0.3, -0.25) is 0 Å². The van der Waals surface area contributed by atoms with Crippen molar-refractivity contribution in [3.05, 3.63) is 65.2 Å². The molecule has 0 saturated carbocycles. The highest BCUT2D eigenvalue weighted by Gasteiger charge is 2.34. The molecule has 0 heterocycles. The minimum Gasteiger partial charge on any atom is -0.377 e. The summed E-state index contributed by atoms with van der Waals surface area (Å²) in [6.45, 7) is 2.02. The molecule has 21 heavy (non-hydrogen) atoms. The summed E-state index contributed by atoms with van der Waals surface area (Å²) in [5.74, 6) is 0. The van der Waals surface area contributed by atoms with Gasteiger partial charge in [-0.25, -0.2) is 0 Å². The van der Waals surface area contributed by atoms with Gasteiger partial charge in [0, 0.05) is 12.2 Å². The molecule has 3 N–H and O–H groups in total. The van der Waals surface area contributed by atoms with Crippen LogP contribution in [0.5, 0.6) is 0 Å². The van der Waals surface area contributed by atoms with E-state index >= 15 is 0 Å². The lowest BCUT2D eigenvalue weighted by Gasteiger charge is -2.22. The van der Waals surface area contributed by atoms with Gasteiger partial charge in [-0.1, -0.05) is 35.9 Å². The number of rotatable bonds is 4. The van der Waals surface area contributed by atoms with E-state index in [4.69, 9.17) is 5.73 Å². The van der Waals surface area contributed by atoms with Crippen LogP contribution in [-0.4, -0.2) is 6.54 Å². The summed E-state index contributed by atoms with van der Waals surface area (Å²) in [5.41, 5.74) is 7.00. The highest BCUT2D eigenvalue weighted by atomic mass is 19.4. The molecule has 0 aliphatic heterocycles. The third kappa shape index (κ3) is 3.76. The third-order valence-corrected chi connectivity index (χ3v) is 3.27. The predicted octanol–water partition coefficient (Wildman–Crippen LogP) is 4.13. The van der Waals surface area contributed by atoms with Crippen molar-refractivity contribution in [2.75, 3.05) is 11.9 Å². The molecular weight excluding hydrogens is 277 g/mol. The van der Waals surface area contributed by atoms with Crippen LogP contribution in [0.4, 0.5) is 18.9 Å². The molecule has 0 bridgehead atoms. The first-order chi connectivity index (χ1) is 9.91. The van der Waals surface area contributed by atoms with Gasteiger partial charge in [-0.2, -0.15) is 13.2 Å². The average Bonchev–Trinajstić information content (AvgIpc) is 2.46. The van der Waals surface area contributed by atoms with Crippen LogP contribution in [0.25, 0.3) is 0 Å². The van der Waals surface area contributed by atoms with Gasteiger partial charge in [0.15, 0.2) is 0 Å². The van der Waals surface area contributed by atoms with Gasteiger partial charge >= 0.3 is 6.18 Å². The van der Waals surface area contributed by atoms with E-state index in [0.717, 1.165) is 17.3 Å². The Morgan fingerprint density at radius 3 is 2.24 bits per heavy atom. The first kappa shape index (κ1) is 15.4. The number of benzene rings is 2. The maximum atomic E-state index is 13.1. The zero-order valence-corrected chi connectivity index (χ0v) is 11.6. The standard InChI is InChI=1S/C16H17F3N2/c1-11-6-8-12(9-7-11)21-15(10-20)13-4-2-3-5-14(13)16(17,18)19/h2-9,15,21H,10,20H2,1H3. The fourth-order valence-electron chi connectivity index (χ4n) is 2.17. The number of hydrogen-bond acceptors (Lipinski definition) is 2. The number of hydrogen-bond donors (Lipinski definition) is 2. The van der Waals surface area contributed by atoms with Crippen molar-refractivity contribution in [1.82, 2.24) is 0 Å². The molecule has 112 valence electrons. The first-order valence-electron chi connectivity index (χ1n) is 6.61. The largest absolute Gasteiger partial charge is 0.416 e. The van der Waals surface area contributed by atoms with Crippen LogP contribution in [0.2, 0.25) is 0 Å². The smallest absolute Gasteiger partial charge is 0.377 e. The van der Waals surface area contributed by atoms with Gasteiger partial charge in [0.05, 0.1) is 11.6 Å². The van der Waals surface area contributed by atoms with E-state index < -0.39 is 17.8 Å². The number of halogens is 3. The zero-order chi connectivity index (χ0) is 15.5. The quantitative estimate of drug-likeness (QED) is 0.890. The van der Waals surface area contributed by atoms with Crippen molar-refractivity contribution in [1.29, 1.82) is 0 Å². The minimum atomic E-state index is -4.39. The highest BCUT2D eigenvalue weighted by Crippen LogP contribution is 2.35. The van der Waals surface area contributed by atoms with Crippen molar-refractivity contribution < 1.29 is 13.2 Å². The summed E-state index contributed by atoms with van der Waals surface area (Å²) < 4.78 is 39.2. The molecule has 2 nitrogen and oxygen atoms in total. The molecule has 5 heteroatoms. The summed E-state index contributed by atoms with van der Waals surface area (Å²) in [5, 5.41) is 3.06. The molecular formula is C16H17F3N2. The van der Waals surface area contributed by atoms with Gasteiger partial charge in [-0.15, -0.1) is 0 Å². The second kappa shape index (κ2) is 6.18. The van der Waals surface area contributed by atoms with Crippen molar-refractivity contribution >= 4 is 5.69 Å². The lowest BCUT2D eigenvalue weighted by Crippen LogP contribution is -2.24. The lowest BCUT2D eigenvalue weighted by atomic mass is 9.99. The lowest BCUT2D eigenvalue weighted by molar-refractivity contribution is -0.138. The number of alkyl halides is 3. The van der Waals surface area contributed by atoms with Gasteiger partial charge in [0.1, 0.15) is 0 Å². The zero-order valence-electron chi connectivity index (χ0n) is 11.6. The topological polar surface area (TPSA) is 38.0 Å².